The highest BCUT2D eigenvalue weighted by Crippen LogP contribution is 2.16. The van der Waals surface area contributed by atoms with Crippen LogP contribution in [0.5, 0.6) is 0 Å². The summed E-state index contributed by atoms with van der Waals surface area (Å²) in [5, 5.41) is 0. The van der Waals surface area contributed by atoms with Crippen molar-refractivity contribution < 1.29 is 0 Å². The molecule has 1 heterocycles. The molecule has 1 aliphatic carbocycles. The summed E-state index contributed by atoms with van der Waals surface area (Å²) in [5.74, 6) is 0.833. The van der Waals surface area contributed by atoms with E-state index in [1.165, 1.54) is 0 Å². The van der Waals surface area contributed by atoms with Gasteiger partial charge < -0.3 is 5.73 Å². The summed E-state index contributed by atoms with van der Waals surface area (Å²) in [6, 6.07) is 0. The van der Waals surface area contributed by atoms with Gasteiger partial charge in [0.2, 0.25) is 0 Å². The molecular weight excluding hydrogens is 202 g/mol. The summed E-state index contributed by atoms with van der Waals surface area (Å²) in [4.78, 5) is 16.8. The predicted molar refractivity (Wildman–Crippen MR) is 63.5 cm³/mol. The van der Waals surface area contributed by atoms with Gasteiger partial charge in [-0.2, -0.15) is 0 Å². The number of nitrogens with two attached hydrogens (primary N) is 1. The molecule has 2 N–H and O–H groups in total. The van der Waals surface area contributed by atoms with E-state index < -0.39 is 0 Å². The van der Waals surface area contributed by atoms with Gasteiger partial charge in [0.1, 0.15) is 5.82 Å². The van der Waals surface area contributed by atoms with Gasteiger partial charge >= 0.3 is 0 Å². The quantitative estimate of drug-likeness (QED) is 0.820. The van der Waals surface area contributed by atoms with E-state index in [1.54, 1.807) is 4.57 Å². The van der Waals surface area contributed by atoms with E-state index >= 15 is 0 Å². The van der Waals surface area contributed by atoms with Gasteiger partial charge in [-0.15, -0.1) is 0 Å². The van der Waals surface area contributed by atoms with Crippen LogP contribution in [0.15, 0.2) is 4.79 Å². The lowest BCUT2D eigenvalue weighted by molar-refractivity contribution is 0.564. The minimum Gasteiger partial charge on any atom is -0.330 e. The van der Waals surface area contributed by atoms with Gasteiger partial charge in [0.25, 0.3) is 5.56 Å². The Morgan fingerprint density at radius 1 is 1.38 bits per heavy atom. The Balaban J connectivity index is 2.42. The fourth-order valence-corrected chi connectivity index (χ4v) is 2.32. The summed E-state index contributed by atoms with van der Waals surface area (Å²) >= 11 is 0. The molecule has 1 aromatic rings. The molecule has 1 aliphatic rings. The van der Waals surface area contributed by atoms with E-state index in [0.29, 0.717) is 13.1 Å². The van der Waals surface area contributed by atoms with Crippen LogP contribution in [0.25, 0.3) is 0 Å². The van der Waals surface area contributed by atoms with Crippen LogP contribution in [0, 0.1) is 6.92 Å². The minimum atomic E-state index is 0.163. The highest BCUT2D eigenvalue weighted by molar-refractivity contribution is 5.21. The van der Waals surface area contributed by atoms with Crippen LogP contribution >= 0.6 is 0 Å². The third-order valence-electron chi connectivity index (χ3n) is 3.22. The normalized spacial score (nSPS) is 14.9. The second-order valence-electron chi connectivity index (χ2n) is 4.39. The molecule has 1 aromatic heterocycles. The minimum absolute atomic E-state index is 0.163. The Bertz CT molecular complexity index is 437. The number of nitrogens with zero attached hydrogens (tertiary/aromatic N) is 2. The molecule has 0 aromatic carbocycles. The maximum Gasteiger partial charge on any atom is 0.256 e. The first-order valence-electron chi connectivity index (χ1n) is 6.03. The van der Waals surface area contributed by atoms with Gasteiger partial charge in [-0.25, -0.2) is 4.98 Å². The van der Waals surface area contributed by atoms with E-state index in [0.717, 1.165) is 49.2 Å². The first kappa shape index (κ1) is 11.3. The molecule has 0 spiro atoms. The molecule has 0 amide bonds. The smallest absolute Gasteiger partial charge is 0.256 e. The van der Waals surface area contributed by atoms with Crippen molar-refractivity contribution in [2.45, 2.75) is 45.6 Å². The molecule has 0 saturated carbocycles. The summed E-state index contributed by atoms with van der Waals surface area (Å²) in [6.07, 6.45) is 4.96. The predicted octanol–water partition coefficient (Wildman–Crippen LogP) is 0.779. The van der Waals surface area contributed by atoms with E-state index in [2.05, 4.69) is 4.98 Å². The fourth-order valence-electron chi connectivity index (χ4n) is 2.32. The maximum absolute atomic E-state index is 12.2. The molecular formula is C12H19N3O. The summed E-state index contributed by atoms with van der Waals surface area (Å²) in [6.45, 7) is 3.22. The summed E-state index contributed by atoms with van der Waals surface area (Å²) in [7, 11) is 0. The Labute approximate surface area is 95.5 Å². The average molecular weight is 221 g/mol. The lowest BCUT2D eigenvalue weighted by atomic mass is 9.97. The summed E-state index contributed by atoms with van der Waals surface area (Å²) in [5.41, 5.74) is 7.61. The number of aryl methyl sites for hydroxylation is 2. The lowest BCUT2D eigenvalue weighted by Crippen LogP contribution is -2.31. The highest BCUT2D eigenvalue weighted by Gasteiger charge is 2.17. The van der Waals surface area contributed by atoms with Crippen molar-refractivity contribution in [1.82, 2.24) is 9.55 Å². The van der Waals surface area contributed by atoms with Crippen LogP contribution in [0.4, 0.5) is 0 Å². The standard InChI is InChI=1S/C12H19N3O/c1-9-14-11-6-3-2-5-10(11)12(16)15(9)8-4-7-13/h2-8,13H2,1H3. The zero-order valence-electron chi connectivity index (χ0n) is 9.83. The molecule has 0 atom stereocenters. The van der Waals surface area contributed by atoms with E-state index in [-0.39, 0.29) is 5.56 Å². The van der Waals surface area contributed by atoms with Crippen molar-refractivity contribution in [3.63, 3.8) is 0 Å². The Hall–Kier alpha value is -1.16. The number of rotatable bonds is 3. The third kappa shape index (κ3) is 2.02. The number of fused-ring (bicyclic) bond motifs is 1. The Morgan fingerprint density at radius 3 is 2.88 bits per heavy atom. The van der Waals surface area contributed by atoms with Gasteiger partial charge in [-0.05, 0) is 45.6 Å². The molecule has 0 saturated heterocycles. The highest BCUT2D eigenvalue weighted by atomic mass is 16.1. The van der Waals surface area contributed by atoms with Gasteiger partial charge in [0, 0.05) is 12.1 Å². The van der Waals surface area contributed by atoms with Crippen LogP contribution in [-0.2, 0) is 19.4 Å². The molecule has 0 radical (unpaired) electrons. The first-order chi connectivity index (χ1) is 7.74. The Morgan fingerprint density at radius 2 is 2.12 bits per heavy atom. The zero-order chi connectivity index (χ0) is 11.5. The van der Waals surface area contributed by atoms with E-state index in [4.69, 9.17) is 5.73 Å². The van der Waals surface area contributed by atoms with Crippen molar-refractivity contribution in [2.24, 2.45) is 5.73 Å². The van der Waals surface area contributed by atoms with Crippen molar-refractivity contribution in [1.29, 1.82) is 0 Å². The van der Waals surface area contributed by atoms with Crippen molar-refractivity contribution in [3.8, 4) is 0 Å². The number of aromatic nitrogens is 2. The van der Waals surface area contributed by atoms with Gasteiger partial charge in [0.05, 0.1) is 5.69 Å². The molecule has 16 heavy (non-hydrogen) atoms. The second-order valence-corrected chi connectivity index (χ2v) is 4.39. The molecule has 88 valence electrons. The molecule has 0 unspecified atom stereocenters. The van der Waals surface area contributed by atoms with Crippen molar-refractivity contribution in [3.05, 3.63) is 27.4 Å². The van der Waals surface area contributed by atoms with Gasteiger partial charge in [-0.1, -0.05) is 0 Å². The molecule has 0 fully saturated rings. The van der Waals surface area contributed by atoms with Crippen LogP contribution < -0.4 is 11.3 Å². The number of hydrogen-bond donors (Lipinski definition) is 1. The van der Waals surface area contributed by atoms with Gasteiger partial charge in [0.15, 0.2) is 0 Å². The van der Waals surface area contributed by atoms with Gasteiger partial charge in [-0.3, -0.25) is 9.36 Å². The molecule has 4 heteroatoms. The van der Waals surface area contributed by atoms with Crippen molar-refractivity contribution >= 4 is 0 Å². The second kappa shape index (κ2) is 4.78. The fraction of sp³-hybridized carbons (Fsp3) is 0.667. The SMILES string of the molecule is Cc1nc2c(c(=O)n1CCCN)CCCC2. The van der Waals surface area contributed by atoms with Crippen LogP contribution in [0.2, 0.25) is 0 Å². The van der Waals surface area contributed by atoms with Crippen LogP contribution in [0.1, 0.15) is 36.3 Å². The van der Waals surface area contributed by atoms with E-state index in [9.17, 15) is 4.79 Å². The van der Waals surface area contributed by atoms with E-state index in [1.807, 2.05) is 6.92 Å². The topological polar surface area (TPSA) is 60.9 Å². The summed E-state index contributed by atoms with van der Waals surface area (Å²) < 4.78 is 1.77. The largest absolute Gasteiger partial charge is 0.330 e. The Kier molecular flexibility index (Phi) is 3.39. The monoisotopic (exact) mass is 221 g/mol. The van der Waals surface area contributed by atoms with Crippen molar-refractivity contribution in [2.75, 3.05) is 6.54 Å². The lowest BCUT2D eigenvalue weighted by Gasteiger charge is -2.18. The average Bonchev–Trinajstić information content (AvgIpc) is 2.29. The molecule has 4 nitrogen and oxygen atoms in total. The molecule has 2 rings (SSSR count). The number of hydrogen-bond acceptors (Lipinski definition) is 3. The van der Waals surface area contributed by atoms with Crippen LogP contribution in [-0.4, -0.2) is 16.1 Å². The molecule has 0 bridgehead atoms. The first-order valence-corrected chi connectivity index (χ1v) is 6.03. The maximum atomic E-state index is 12.2. The van der Waals surface area contributed by atoms with Crippen LogP contribution in [0.3, 0.4) is 0 Å². The third-order valence-corrected chi connectivity index (χ3v) is 3.22. The molecule has 0 aliphatic heterocycles. The zero-order valence-corrected chi connectivity index (χ0v) is 9.83.